The zero-order chi connectivity index (χ0) is 45.0. The van der Waals surface area contributed by atoms with E-state index in [0.29, 0.717) is 17.5 Å². The van der Waals surface area contributed by atoms with E-state index in [1.807, 2.05) is 66.9 Å². The van der Waals surface area contributed by atoms with Crippen molar-refractivity contribution in [3.05, 3.63) is 237 Å². The molecular weight excluding hydrogens is 831 g/mol. The summed E-state index contributed by atoms with van der Waals surface area (Å²) in [5.41, 5.74) is 15.6. The number of furan rings is 1. The number of fused-ring (bicyclic) bond motifs is 7. The zero-order valence-corrected chi connectivity index (χ0v) is 36.7. The summed E-state index contributed by atoms with van der Waals surface area (Å²) < 4.78 is 9.15. The zero-order valence-electron chi connectivity index (χ0n) is 36.7. The molecule has 0 aliphatic carbocycles. The Morgan fingerprint density at radius 3 is 1.56 bits per heavy atom. The third-order valence-electron chi connectivity index (χ3n) is 12.9. The minimum atomic E-state index is 0.516. The lowest BCUT2D eigenvalue weighted by Gasteiger charge is -2.16. The van der Waals surface area contributed by atoms with Crippen molar-refractivity contribution in [1.29, 1.82) is 0 Å². The van der Waals surface area contributed by atoms with E-state index in [2.05, 4.69) is 174 Å². The van der Waals surface area contributed by atoms with E-state index in [1.165, 1.54) is 0 Å². The predicted molar refractivity (Wildman–Crippen MR) is 277 cm³/mol. The van der Waals surface area contributed by atoms with Crippen LogP contribution in [0.5, 0.6) is 0 Å². The van der Waals surface area contributed by atoms with Gasteiger partial charge in [-0.2, -0.15) is 0 Å². The number of para-hydroxylation sites is 2. The molecule has 0 spiro atoms. The van der Waals surface area contributed by atoms with Crippen LogP contribution in [0.15, 0.2) is 241 Å². The molecule has 9 aromatic carbocycles. The van der Waals surface area contributed by atoms with Gasteiger partial charge in [-0.3, -0.25) is 4.98 Å². The summed E-state index contributed by atoms with van der Waals surface area (Å²) >= 11 is 0. The lowest BCUT2D eigenvalue weighted by atomic mass is 9.90. The van der Waals surface area contributed by atoms with Crippen LogP contribution in [0.1, 0.15) is 0 Å². The van der Waals surface area contributed by atoms with Crippen LogP contribution in [-0.2, 0) is 0 Å². The molecule has 13 rings (SSSR count). The normalized spacial score (nSPS) is 11.5. The van der Waals surface area contributed by atoms with Crippen molar-refractivity contribution >= 4 is 43.7 Å². The molecule has 0 N–H and O–H groups in total. The quantitative estimate of drug-likeness (QED) is 0.152. The van der Waals surface area contributed by atoms with Gasteiger partial charge in [-0.05, 0) is 76.3 Å². The summed E-state index contributed by atoms with van der Waals surface area (Å²) in [6, 6.07) is 80.0. The summed E-state index contributed by atoms with van der Waals surface area (Å²) in [7, 11) is 0. The fraction of sp³-hybridized carbons (Fsp3) is 0. The number of rotatable bonds is 8. The number of nitrogens with zero attached hydrogens (tertiary/aromatic N) is 5. The van der Waals surface area contributed by atoms with Gasteiger partial charge >= 0.3 is 0 Å². The average molecular weight is 870 g/mol. The number of benzene rings is 9. The van der Waals surface area contributed by atoms with E-state index < -0.39 is 0 Å². The summed E-state index contributed by atoms with van der Waals surface area (Å²) in [6.45, 7) is 0. The lowest BCUT2D eigenvalue weighted by molar-refractivity contribution is 0.669. The Bertz CT molecular complexity index is 3940. The predicted octanol–water partition coefficient (Wildman–Crippen LogP) is 15.9. The second-order valence-corrected chi connectivity index (χ2v) is 17.0. The van der Waals surface area contributed by atoms with Crippen LogP contribution in [0.25, 0.3) is 128 Å². The van der Waals surface area contributed by atoms with E-state index >= 15 is 0 Å². The second-order valence-electron chi connectivity index (χ2n) is 17.0. The summed E-state index contributed by atoms with van der Waals surface area (Å²) in [4.78, 5) is 21.2. The number of aromatic nitrogens is 5. The topological polar surface area (TPSA) is 69.6 Å². The van der Waals surface area contributed by atoms with Crippen molar-refractivity contribution in [2.45, 2.75) is 0 Å². The third kappa shape index (κ3) is 6.66. The molecule has 6 heteroatoms. The molecule has 0 unspecified atom stereocenters. The van der Waals surface area contributed by atoms with Gasteiger partial charge in [0.15, 0.2) is 17.5 Å². The minimum absolute atomic E-state index is 0.516. The Hall–Kier alpha value is -9.26. The molecule has 6 nitrogen and oxygen atoms in total. The Kier molecular flexibility index (Phi) is 9.39. The van der Waals surface area contributed by atoms with Crippen molar-refractivity contribution in [2.75, 3.05) is 0 Å². The first-order valence-corrected chi connectivity index (χ1v) is 22.8. The summed E-state index contributed by atoms with van der Waals surface area (Å²) in [5, 5.41) is 4.27. The average Bonchev–Trinajstić information content (AvgIpc) is 3.98. The molecule has 0 fully saturated rings. The van der Waals surface area contributed by atoms with Gasteiger partial charge in [0.05, 0.1) is 16.7 Å². The summed E-state index contributed by atoms with van der Waals surface area (Å²) in [6.07, 6.45) is 1.99. The molecule has 318 valence electrons. The van der Waals surface area contributed by atoms with Crippen LogP contribution in [0, 0.1) is 0 Å². The van der Waals surface area contributed by atoms with Crippen molar-refractivity contribution in [3.8, 4) is 84.5 Å². The molecule has 0 saturated carbocycles. The molecule has 0 saturated heterocycles. The van der Waals surface area contributed by atoms with Crippen LogP contribution < -0.4 is 0 Å². The fourth-order valence-electron chi connectivity index (χ4n) is 9.81. The van der Waals surface area contributed by atoms with Gasteiger partial charge in [0.2, 0.25) is 0 Å². The first-order chi connectivity index (χ1) is 33.7. The van der Waals surface area contributed by atoms with Crippen LogP contribution in [0.3, 0.4) is 0 Å². The number of hydrogen-bond acceptors (Lipinski definition) is 5. The number of hydrogen-bond donors (Lipinski definition) is 0. The third-order valence-corrected chi connectivity index (χ3v) is 12.9. The molecule has 0 aliphatic heterocycles. The van der Waals surface area contributed by atoms with Gasteiger partial charge in [-0.25, -0.2) is 15.0 Å². The molecule has 0 amide bonds. The molecule has 4 aromatic heterocycles. The van der Waals surface area contributed by atoms with Crippen LogP contribution in [0.2, 0.25) is 0 Å². The SMILES string of the molecule is c1ccc(-c2nc(-c3ccccc3)nc(-c3cc(-c4ccc(-c5ccccc5)c(-c5ccccc5)c4)cnc3-c3cccc4oc5ccc6c(c7ccccc7n6-c6ccccc6)c5c34)n2)cc1. The standard InChI is InChI=1S/C62H39N5O/c1-6-19-40(20-7-1)47-34-33-44(37-50(47)41-21-8-2-9-22-41)45-38-51(62-65-60(42-23-10-3-11-24-42)64-61(66-62)43-25-12-4-13-26-43)59(63-39-45)49-30-18-32-54-57(49)58-55(68-54)36-35-53-56(58)48-29-16-17-31-52(48)67(53)46-27-14-5-15-28-46/h1-39H. The minimum Gasteiger partial charge on any atom is -0.456 e. The molecule has 0 radical (unpaired) electrons. The lowest BCUT2D eigenvalue weighted by Crippen LogP contribution is -2.02. The first kappa shape index (κ1) is 39.1. The van der Waals surface area contributed by atoms with Gasteiger partial charge < -0.3 is 8.98 Å². The Morgan fingerprint density at radius 1 is 0.324 bits per heavy atom. The first-order valence-electron chi connectivity index (χ1n) is 22.8. The maximum Gasteiger partial charge on any atom is 0.166 e. The maximum absolute atomic E-state index is 6.80. The van der Waals surface area contributed by atoms with E-state index in [0.717, 1.165) is 111 Å². The molecule has 0 atom stereocenters. The van der Waals surface area contributed by atoms with Gasteiger partial charge in [0.1, 0.15) is 11.2 Å². The molecule has 4 heterocycles. The Labute approximate surface area is 392 Å². The maximum atomic E-state index is 6.80. The van der Waals surface area contributed by atoms with E-state index in [9.17, 15) is 0 Å². The van der Waals surface area contributed by atoms with E-state index in [4.69, 9.17) is 24.4 Å². The van der Waals surface area contributed by atoms with Gasteiger partial charge in [-0.1, -0.05) is 182 Å². The van der Waals surface area contributed by atoms with Crippen LogP contribution >= 0.6 is 0 Å². The highest BCUT2D eigenvalue weighted by Gasteiger charge is 2.25. The molecule has 68 heavy (non-hydrogen) atoms. The molecule has 13 aromatic rings. The highest BCUT2D eigenvalue weighted by atomic mass is 16.3. The van der Waals surface area contributed by atoms with Gasteiger partial charge in [0.25, 0.3) is 0 Å². The van der Waals surface area contributed by atoms with Crippen molar-refractivity contribution in [2.24, 2.45) is 0 Å². The highest BCUT2D eigenvalue weighted by molar-refractivity contribution is 6.29. The van der Waals surface area contributed by atoms with Crippen molar-refractivity contribution in [1.82, 2.24) is 24.5 Å². The Morgan fingerprint density at radius 2 is 0.882 bits per heavy atom. The van der Waals surface area contributed by atoms with Crippen LogP contribution in [-0.4, -0.2) is 24.5 Å². The Balaban J connectivity index is 1.10. The molecule has 0 aliphatic rings. The van der Waals surface area contributed by atoms with Crippen molar-refractivity contribution in [3.63, 3.8) is 0 Å². The highest BCUT2D eigenvalue weighted by Crippen LogP contribution is 2.46. The van der Waals surface area contributed by atoms with Gasteiger partial charge in [-0.15, -0.1) is 0 Å². The van der Waals surface area contributed by atoms with E-state index in [1.54, 1.807) is 0 Å². The molecular formula is C62H39N5O. The largest absolute Gasteiger partial charge is 0.456 e. The second kappa shape index (κ2) is 16.3. The summed E-state index contributed by atoms with van der Waals surface area (Å²) in [5.74, 6) is 1.67. The molecule has 0 bridgehead atoms. The fourth-order valence-corrected chi connectivity index (χ4v) is 9.81. The smallest absolute Gasteiger partial charge is 0.166 e. The van der Waals surface area contributed by atoms with E-state index in [-0.39, 0.29) is 0 Å². The van der Waals surface area contributed by atoms with Crippen molar-refractivity contribution < 1.29 is 4.42 Å². The van der Waals surface area contributed by atoms with Gasteiger partial charge in [0, 0.05) is 61.2 Å². The van der Waals surface area contributed by atoms with Crippen LogP contribution in [0.4, 0.5) is 0 Å². The number of pyridine rings is 1. The monoisotopic (exact) mass is 869 g/mol.